The molecule has 0 saturated heterocycles. The van der Waals surface area contributed by atoms with Crippen LogP contribution in [0.25, 0.3) is 0 Å². The molecule has 1 rings (SSSR count). The van der Waals surface area contributed by atoms with Gasteiger partial charge in [-0.05, 0) is 13.8 Å². The third-order valence-corrected chi connectivity index (χ3v) is 2.95. The summed E-state index contributed by atoms with van der Waals surface area (Å²) in [6, 6.07) is 0. The van der Waals surface area contributed by atoms with Crippen molar-refractivity contribution in [3.05, 3.63) is 23.8 Å². The second-order valence-electron chi connectivity index (χ2n) is 4.31. The zero-order valence-electron chi connectivity index (χ0n) is 10.1. The van der Waals surface area contributed by atoms with E-state index in [1.807, 2.05) is 13.8 Å². The summed E-state index contributed by atoms with van der Waals surface area (Å²) in [6.07, 6.45) is 1.33. The number of ether oxygens (including phenoxy) is 1. The van der Waals surface area contributed by atoms with Crippen molar-refractivity contribution in [2.24, 2.45) is 0 Å². The predicted octanol–water partition coefficient (Wildman–Crippen LogP) is 1.85. The van der Waals surface area contributed by atoms with Crippen molar-refractivity contribution >= 4 is 12.1 Å². The van der Waals surface area contributed by atoms with E-state index in [4.69, 9.17) is 4.74 Å². The number of nitrogens with one attached hydrogen (secondary N) is 1. The first kappa shape index (κ1) is 13.3. The maximum absolute atomic E-state index is 11.4. The Bertz CT molecular complexity index is 370. The molecular weight excluding hydrogens is 222 g/mol. The number of carboxylic acid groups (broad SMARTS) is 1. The Morgan fingerprint density at radius 1 is 1.47 bits per heavy atom. The lowest BCUT2D eigenvalue weighted by atomic mass is 9.95. The lowest BCUT2D eigenvalue weighted by Crippen LogP contribution is -2.53. The Morgan fingerprint density at radius 2 is 2.00 bits per heavy atom. The molecule has 2 N–H and O–H groups in total. The highest BCUT2D eigenvalue weighted by atomic mass is 16.5. The SMILES string of the molecule is C=CCOC(=O)NC1(C(=O)O)CC(C)=C(C)C1. The fourth-order valence-corrected chi connectivity index (χ4v) is 1.93. The Morgan fingerprint density at radius 3 is 2.41 bits per heavy atom. The summed E-state index contributed by atoms with van der Waals surface area (Å²) in [4.78, 5) is 22.7. The first-order valence-electron chi connectivity index (χ1n) is 5.36. The zero-order chi connectivity index (χ0) is 13.1. The predicted molar refractivity (Wildman–Crippen MR) is 62.7 cm³/mol. The maximum Gasteiger partial charge on any atom is 0.408 e. The van der Waals surface area contributed by atoms with Gasteiger partial charge in [-0.2, -0.15) is 0 Å². The second-order valence-corrected chi connectivity index (χ2v) is 4.31. The van der Waals surface area contributed by atoms with Crippen molar-refractivity contribution in [1.82, 2.24) is 5.32 Å². The molecule has 17 heavy (non-hydrogen) atoms. The lowest BCUT2D eigenvalue weighted by Gasteiger charge is -2.25. The number of alkyl carbamates (subject to hydrolysis) is 1. The van der Waals surface area contributed by atoms with E-state index in [9.17, 15) is 14.7 Å². The topological polar surface area (TPSA) is 75.6 Å². The minimum atomic E-state index is -1.26. The largest absolute Gasteiger partial charge is 0.479 e. The minimum Gasteiger partial charge on any atom is -0.479 e. The number of amides is 1. The number of carbonyl (C=O) groups excluding carboxylic acids is 1. The van der Waals surface area contributed by atoms with E-state index in [1.54, 1.807) is 0 Å². The molecule has 0 bridgehead atoms. The molecule has 1 aliphatic rings. The minimum absolute atomic E-state index is 0.0624. The van der Waals surface area contributed by atoms with E-state index in [0.29, 0.717) is 12.8 Å². The van der Waals surface area contributed by atoms with Crippen molar-refractivity contribution < 1.29 is 19.4 Å². The van der Waals surface area contributed by atoms with Gasteiger partial charge in [0, 0.05) is 12.8 Å². The number of hydrogen-bond donors (Lipinski definition) is 2. The molecule has 0 atom stereocenters. The molecule has 0 aromatic carbocycles. The Hall–Kier alpha value is -1.78. The normalized spacial score (nSPS) is 17.8. The van der Waals surface area contributed by atoms with Crippen LogP contribution >= 0.6 is 0 Å². The van der Waals surface area contributed by atoms with Gasteiger partial charge in [0.2, 0.25) is 0 Å². The van der Waals surface area contributed by atoms with Crippen LogP contribution in [0.15, 0.2) is 23.8 Å². The number of hydrogen-bond acceptors (Lipinski definition) is 3. The van der Waals surface area contributed by atoms with Crippen LogP contribution in [-0.2, 0) is 9.53 Å². The molecule has 94 valence electrons. The summed E-state index contributed by atoms with van der Waals surface area (Å²) in [7, 11) is 0. The monoisotopic (exact) mass is 239 g/mol. The van der Waals surface area contributed by atoms with Crippen LogP contribution in [-0.4, -0.2) is 29.3 Å². The van der Waals surface area contributed by atoms with Crippen LogP contribution in [0.4, 0.5) is 4.79 Å². The van der Waals surface area contributed by atoms with Crippen molar-refractivity contribution in [3.8, 4) is 0 Å². The van der Waals surface area contributed by atoms with Gasteiger partial charge in [-0.25, -0.2) is 9.59 Å². The summed E-state index contributed by atoms with van der Waals surface area (Å²) in [6.45, 7) is 7.22. The summed E-state index contributed by atoms with van der Waals surface area (Å²) in [5, 5.41) is 11.7. The van der Waals surface area contributed by atoms with E-state index in [-0.39, 0.29) is 6.61 Å². The summed E-state index contributed by atoms with van der Waals surface area (Å²) in [5.74, 6) is -1.04. The second kappa shape index (κ2) is 5.03. The van der Waals surface area contributed by atoms with Gasteiger partial charge in [0.1, 0.15) is 12.1 Å². The molecule has 0 aromatic heterocycles. The van der Waals surface area contributed by atoms with Crippen LogP contribution in [0.1, 0.15) is 26.7 Å². The molecule has 0 spiro atoms. The molecule has 0 heterocycles. The molecule has 0 fully saturated rings. The molecule has 1 amide bonds. The van der Waals surface area contributed by atoms with Gasteiger partial charge in [0.25, 0.3) is 0 Å². The van der Waals surface area contributed by atoms with Gasteiger partial charge < -0.3 is 15.2 Å². The Kier molecular flexibility index (Phi) is 3.93. The van der Waals surface area contributed by atoms with Crippen LogP contribution in [0, 0.1) is 0 Å². The number of carbonyl (C=O) groups is 2. The van der Waals surface area contributed by atoms with E-state index < -0.39 is 17.6 Å². The molecule has 0 unspecified atom stereocenters. The van der Waals surface area contributed by atoms with Crippen molar-refractivity contribution in [1.29, 1.82) is 0 Å². The Balaban J connectivity index is 2.73. The molecular formula is C12H17NO4. The fourth-order valence-electron chi connectivity index (χ4n) is 1.93. The molecule has 0 saturated carbocycles. The first-order chi connectivity index (χ1) is 7.91. The van der Waals surface area contributed by atoms with Crippen LogP contribution < -0.4 is 5.32 Å². The Labute approximate surface area is 100 Å². The molecule has 0 aliphatic heterocycles. The highest BCUT2D eigenvalue weighted by Gasteiger charge is 2.44. The van der Waals surface area contributed by atoms with Crippen molar-refractivity contribution in [2.75, 3.05) is 6.61 Å². The third kappa shape index (κ3) is 2.87. The summed E-state index contributed by atoms with van der Waals surface area (Å²) < 4.78 is 4.75. The van der Waals surface area contributed by atoms with Crippen LogP contribution in [0.5, 0.6) is 0 Å². The van der Waals surface area contributed by atoms with Gasteiger partial charge in [-0.15, -0.1) is 0 Å². The van der Waals surface area contributed by atoms with Gasteiger partial charge in [-0.1, -0.05) is 23.8 Å². The number of rotatable bonds is 4. The lowest BCUT2D eigenvalue weighted by molar-refractivity contribution is -0.144. The highest BCUT2D eigenvalue weighted by molar-refractivity contribution is 5.86. The molecule has 5 nitrogen and oxygen atoms in total. The van der Waals surface area contributed by atoms with E-state index in [1.165, 1.54) is 6.08 Å². The van der Waals surface area contributed by atoms with E-state index in [0.717, 1.165) is 11.1 Å². The van der Waals surface area contributed by atoms with Gasteiger partial charge in [0.05, 0.1) is 0 Å². The smallest absolute Gasteiger partial charge is 0.408 e. The fraction of sp³-hybridized carbons (Fsp3) is 0.500. The maximum atomic E-state index is 11.4. The molecule has 0 radical (unpaired) electrons. The summed E-state index contributed by atoms with van der Waals surface area (Å²) >= 11 is 0. The first-order valence-corrected chi connectivity index (χ1v) is 5.36. The quantitative estimate of drug-likeness (QED) is 0.734. The van der Waals surface area contributed by atoms with Gasteiger partial charge in [0.15, 0.2) is 0 Å². The van der Waals surface area contributed by atoms with Gasteiger partial charge >= 0.3 is 12.1 Å². The van der Waals surface area contributed by atoms with Crippen LogP contribution in [0.3, 0.4) is 0 Å². The molecule has 5 heteroatoms. The molecule has 1 aliphatic carbocycles. The van der Waals surface area contributed by atoms with Gasteiger partial charge in [-0.3, -0.25) is 0 Å². The average molecular weight is 239 g/mol. The number of aliphatic carboxylic acids is 1. The van der Waals surface area contributed by atoms with E-state index in [2.05, 4.69) is 11.9 Å². The van der Waals surface area contributed by atoms with E-state index >= 15 is 0 Å². The average Bonchev–Trinajstić information content (AvgIpc) is 2.52. The standard InChI is InChI=1S/C12H17NO4/c1-4-5-17-11(16)13-12(10(14)15)6-8(2)9(3)7-12/h4H,1,5-7H2,2-3H3,(H,13,16)(H,14,15). The third-order valence-electron chi connectivity index (χ3n) is 2.95. The van der Waals surface area contributed by atoms with Crippen molar-refractivity contribution in [3.63, 3.8) is 0 Å². The van der Waals surface area contributed by atoms with Crippen molar-refractivity contribution in [2.45, 2.75) is 32.2 Å². The highest BCUT2D eigenvalue weighted by Crippen LogP contribution is 2.34. The van der Waals surface area contributed by atoms with Crippen LogP contribution in [0.2, 0.25) is 0 Å². The zero-order valence-corrected chi connectivity index (χ0v) is 10.1. The number of carboxylic acids is 1. The summed E-state index contributed by atoms with van der Waals surface area (Å²) in [5.41, 5.74) is 0.736. The molecule has 0 aromatic rings.